The number of thioether (sulfide) groups is 2. The van der Waals surface area contributed by atoms with Crippen molar-refractivity contribution in [3.05, 3.63) is 0 Å². The van der Waals surface area contributed by atoms with Gasteiger partial charge in [0.2, 0.25) is 0 Å². The second kappa shape index (κ2) is 9.38. The van der Waals surface area contributed by atoms with E-state index in [-0.39, 0.29) is 33.9 Å². The molecule has 4 aliphatic carbocycles. The van der Waals surface area contributed by atoms with Gasteiger partial charge in [-0.3, -0.25) is 0 Å². The van der Waals surface area contributed by atoms with Crippen LogP contribution in [0.15, 0.2) is 0 Å². The Hall–Kier alpha value is 0.180. The summed E-state index contributed by atoms with van der Waals surface area (Å²) in [6, 6.07) is 0. The minimum atomic E-state index is 0.186. The van der Waals surface area contributed by atoms with Crippen LogP contribution < -0.4 is 0 Å². The van der Waals surface area contributed by atoms with Gasteiger partial charge in [0.25, 0.3) is 0 Å². The molecule has 4 rings (SSSR count). The van der Waals surface area contributed by atoms with E-state index in [1.165, 1.54) is 25.7 Å². The average Bonchev–Trinajstić information content (AvgIpc) is 3.22. The molecule has 4 bridgehead atoms. The van der Waals surface area contributed by atoms with E-state index in [1.54, 1.807) is 0 Å². The molecule has 206 valence electrons. The first-order chi connectivity index (χ1) is 16.4. The van der Waals surface area contributed by atoms with Gasteiger partial charge in [0.1, 0.15) is 0 Å². The first-order valence-corrected chi connectivity index (χ1v) is 16.2. The normalized spacial score (nSPS) is 42.6. The lowest BCUT2D eigenvalue weighted by Gasteiger charge is -2.40. The Morgan fingerprint density at radius 1 is 0.639 bits per heavy atom. The van der Waals surface area contributed by atoms with Crippen LogP contribution in [0.25, 0.3) is 0 Å². The molecule has 0 unspecified atom stereocenters. The van der Waals surface area contributed by atoms with Crippen molar-refractivity contribution in [2.24, 2.45) is 44.3 Å². The molecule has 0 aliphatic heterocycles. The number of hydrogen-bond donors (Lipinski definition) is 0. The third-order valence-electron chi connectivity index (χ3n) is 11.2. The second-order valence-electron chi connectivity index (χ2n) is 16.5. The molecule has 4 aliphatic rings. The van der Waals surface area contributed by atoms with E-state index in [2.05, 4.69) is 93.6 Å². The third-order valence-corrected chi connectivity index (χ3v) is 13.5. The zero-order valence-corrected chi connectivity index (χ0v) is 27.0. The molecule has 0 radical (unpaired) electrons. The van der Waals surface area contributed by atoms with E-state index in [4.69, 9.17) is 9.47 Å². The SMILES string of the molecule is CC(C)(C)CO[C@@H]1[C@H](SC#CS[C@@H]2[C@H]3CC[C@@](C)([C@@H]2OCC(C)(C)C)C3(C)C)[C@H]2CC[C@]1(C)C2(C)C. The minimum Gasteiger partial charge on any atom is -0.376 e. The van der Waals surface area contributed by atoms with E-state index in [1.807, 2.05) is 23.5 Å². The lowest BCUT2D eigenvalue weighted by atomic mass is 9.70. The predicted octanol–water partition coefficient (Wildman–Crippen LogP) is 8.88. The van der Waals surface area contributed by atoms with Crippen molar-refractivity contribution < 1.29 is 9.47 Å². The highest BCUT2D eigenvalue weighted by molar-refractivity contribution is 8.07. The molecule has 0 heterocycles. The highest BCUT2D eigenvalue weighted by Crippen LogP contribution is 2.70. The first kappa shape index (κ1) is 29.2. The monoisotopic (exact) mass is 534 g/mol. The summed E-state index contributed by atoms with van der Waals surface area (Å²) in [5.74, 6) is 1.36. The first-order valence-electron chi connectivity index (χ1n) is 14.4. The molecule has 4 fully saturated rings. The zero-order valence-electron chi connectivity index (χ0n) is 25.3. The summed E-state index contributed by atoms with van der Waals surface area (Å²) in [5.41, 5.74) is 1.46. The van der Waals surface area contributed by atoms with Crippen molar-refractivity contribution in [2.75, 3.05) is 13.2 Å². The summed E-state index contributed by atoms with van der Waals surface area (Å²) < 4.78 is 13.5. The van der Waals surface area contributed by atoms with Crippen molar-refractivity contribution in [1.82, 2.24) is 0 Å². The fourth-order valence-corrected chi connectivity index (χ4v) is 11.1. The molecule has 2 nitrogen and oxygen atoms in total. The van der Waals surface area contributed by atoms with Gasteiger partial charge in [0.05, 0.1) is 25.4 Å². The van der Waals surface area contributed by atoms with Gasteiger partial charge in [-0.25, -0.2) is 0 Å². The van der Waals surface area contributed by atoms with Crippen LogP contribution in [0.2, 0.25) is 0 Å². The highest BCUT2D eigenvalue weighted by Gasteiger charge is 2.68. The molecule has 8 atom stereocenters. The van der Waals surface area contributed by atoms with Crippen molar-refractivity contribution in [2.45, 2.75) is 131 Å². The maximum atomic E-state index is 6.73. The zero-order chi connectivity index (χ0) is 26.9. The van der Waals surface area contributed by atoms with E-state index in [0.29, 0.717) is 33.2 Å². The minimum absolute atomic E-state index is 0.186. The Balaban J connectivity index is 1.48. The summed E-state index contributed by atoms with van der Waals surface area (Å²) in [5, 5.41) is 8.15. The number of rotatable bonds is 6. The van der Waals surface area contributed by atoms with E-state index < -0.39 is 0 Å². The van der Waals surface area contributed by atoms with E-state index in [9.17, 15) is 0 Å². The number of ether oxygens (including phenoxy) is 2. The highest BCUT2D eigenvalue weighted by atomic mass is 32.2. The van der Waals surface area contributed by atoms with Crippen LogP contribution in [0, 0.1) is 54.8 Å². The van der Waals surface area contributed by atoms with E-state index >= 15 is 0 Å². The summed E-state index contributed by atoms with van der Waals surface area (Å²) >= 11 is 3.76. The standard InChI is InChI=1S/C32H54O2S2/c1-27(2,3)19-33-25-23(21-13-15-31(25,11)29(21,7)8)35-17-18-36-24-22-14-16-32(12,30(22,9)10)26(24)34-20-28(4,5)6/h21-26H,13-16,19-20H2,1-12H3/t21-,22-,23-,24-,25-,26-,31+,32+/m1/s1. The molecule has 0 aromatic carbocycles. The summed E-state index contributed by atoms with van der Waals surface area (Å²) in [7, 11) is 0. The average molecular weight is 535 g/mol. The summed E-state index contributed by atoms with van der Waals surface area (Å²) in [6.45, 7) is 30.2. The Bertz CT molecular complexity index is 815. The van der Waals surface area contributed by atoms with E-state index in [0.717, 1.165) is 13.2 Å². The number of hydrogen-bond acceptors (Lipinski definition) is 4. The van der Waals surface area contributed by atoms with Crippen LogP contribution in [0.1, 0.15) is 109 Å². The van der Waals surface area contributed by atoms with Gasteiger partial charge in [0.15, 0.2) is 0 Å². The smallest absolute Gasteiger partial charge is 0.0765 e. The lowest BCUT2D eigenvalue weighted by molar-refractivity contribution is -0.0669. The lowest BCUT2D eigenvalue weighted by Crippen LogP contribution is -2.42. The topological polar surface area (TPSA) is 18.5 Å². The van der Waals surface area contributed by atoms with Gasteiger partial charge in [-0.2, -0.15) is 0 Å². The molecule has 0 amide bonds. The van der Waals surface area contributed by atoms with Crippen LogP contribution in [0.3, 0.4) is 0 Å². The van der Waals surface area contributed by atoms with Crippen LogP contribution in [0.4, 0.5) is 0 Å². The van der Waals surface area contributed by atoms with Crippen molar-refractivity contribution in [3.63, 3.8) is 0 Å². The molecular weight excluding hydrogens is 480 g/mol. The Morgan fingerprint density at radius 3 is 1.28 bits per heavy atom. The van der Waals surface area contributed by atoms with Gasteiger partial charge in [-0.05, 0) is 69.7 Å². The molecule has 0 N–H and O–H groups in total. The van der Waals surface area contributed by atoms with Crippen molar-refractivity contribution in [1.29, 1.82) is 0 Å². The van der Waals surface area contributed by atoms with Crippen molar-refractivity contribution >= 4 is 23.5 Å². The number of fused-ring (bicyclic) bond motifs is 4. The maximum absolute atomic E-state index is 6.73. The largest absolute Gasteiger partial charge is 0.376 e. The van der Waals surface area contributed by atoms with Gasteiger partial charge in [-0.1, -0.05) is 107 Å². The molecule has 0 aromatic heterocycles. The fraction of sp³-hybridized carbons (Fsp3) is 0.938. The Morgan fingerprint density at radius 2 is 0.972 bits per heavy atom. The van der Waals surface area contributed by atoms with Gasteiger partial charge in [-0.15, -0.1) is 0 Å². The maximum Gasteiger partial charge on any atom is 0.0765 e. The van der Waals surface area contributed by atoms with Crippen LogP contribution >= 0.6 is 23.5 Å². The molecule has 36 heavy (non-hydrogen) atoms. The van der Waals surface area contributed by atoms with Crippen LogP contribution in [-0.2, 0) is 9.47 Å². The Kier molecular flexibility index (Phi) is 7.60. The van der Waals surface area contributed by atoms with Crippen LogP contribution in [0.5, 0.6) is 0 Å². The Labute approximate surface area is 232 Å². The second-order valence-corrected chi connectivity index (χ2v) is 18.5. The summed E-state index contributed by atoms with van der Waals surface area (Å²) in [6.07, 6.45) is 5.76. The molecule has 0 aromatic rings. The molecular formula is C32H54O2S2. The van der Waals surface area contributed by atoms with Gasteiger partial charge >= 0.3 is 0 Å². The molecule has 0 spiro atoms. The molecule has 4 saturated carbocycles. The van der Waals surface area contributed by atoms with Crippen molar-refractivity contribution in [3.8, 4) is 10.5 Å². The predicted molar refractivity (Wildman–Crippen MR) is 158 cm³/mol. The summed E-state index contributed by atoms with van der Waals surface area (Å²) in [4.78, 5) is 0. The quantitative estimate of drug-likeness (QED) is 0.317. The molecule has 4 heteroatoms. The van der Waals surface area contributed by atoms with Gasteiger partial charge in [0, 0.05) is 21.3 Å². The van der Waals surface area contributed by atoms with Crippen LogP contribution in [-0.4, -0.2) is 35.9 Å². The van der Waals surface area contributed by atoms with Gasteiger partial charge < -0.3 is 9.47 Å². The molecule has 0 saturated heterocycles. The third kappa shape index (κ3) is 4.73. The fourth-order valence-electron chi connectivity index (χ4n) is 8.15.